The van der Waals surface area contributed by atoms with E-state index in [0.717, 1.165) is 0 Å². The van der Waals surface area contributed by atoms with Crippen LogP contribution in [0.1, 0.15) is 10.4 Å². The molecule has 1 saturated heterocycles. The number of anilines is 1. The third-order valence-electron chi connectivity index (χ3n) is 3.05. The largest absolute Gasteiger partial charge is 0.465 e. The van der Waals surface area contributed by atoms with E-state index in [1.807, 2.05) is 0 Å². The number of aliphatic hydroxyl groups is 1. The number of aliphatic hydroxyl groups excluding tert-OH is 1. The number of nitrogens with one attached hydrogen (secondary N) is 1. The molecule has 1 aromatic rings. The first-order chi connectivity index (χ1) is 9.17. The van der Waals surface area contributed by atoms with E-state index in [4.69, 9.17) is 5.11 Å². The Balaban J connectivity index is 2.26. The van der Waals surface area contributed by atoms with Gasteiger partial charge in [-0.3, -0.25) is 4.79 Å². The van der Waals surface area contributed by atoms with Crippen LogP contribution >= 0.6 is 0 Å². The molecule has 1 unspecified atom stereocenters. The number of carbonyl (C=O) groups is 2. The molecule has 1 aliphatic heterocycles. The van der Waals surface area contributed by atoms with Crippen LogP contribution in [-0.2, 0) is 9.53 Å². The van der Waals surface area contributed by atoms with Crippen molar-refractivity contribution in [1.82, 2.24) is 5.32 Å². The van der Waals surface area contributed by atoms with Crippen LogP contribution in [0.5, 0.6) is 0 Å². The quantitative estimate of drug-likeness (QED) is 0.737. The Hall–Kier alpha value is -1.92. The average molecular weight is 264 g/mol. The van der Waals surface area contributed by atoms with Gasteiger partial charge in [0.25, 0.3) is 0 Å². The molecule has 102 valence electrons. The first-order valence-corrected chi connectivity index (χ1v) is 6.01. The summed E-state index contributed by atoms with van der Waals surface area (Å²) < 4.78 is 4.65. The number of ether oxygens (including phenoxy) is 1. The molecule has 1 amide bonds. The first kappa shape index (κ1) is 13.5. The van der Waals surface area contributed by atoms with Gasteiger partial charge in [0.2, 0.25) is 5.91 Å². The second-order valence-electron chi connectivity index (χ2n) is 4.22. The molecular formula is C13H16N2O4. The summed E-state index contributed by atoms with van der Waals surface area (Å²) in [6.45, 7) is 0.853. The molecule has 0 aliphatic carbocycles. The van der Waals surface area contributed by atoms with Gasteiger partial charge in [0.05, 0.1) is 19.3 Å². The van der Waals surface area contributed by atoms with Gasteiger partial charge in [-0.15, -0.1) is 0 Å². The lowest BCUT2D eigenvalue weighted by molar-refractivity contribution is -0.122. The number of esters is 1. The molecule has 0 radical (unpaired) electrons. The van der Waals surface area contributed by atoms with Crippen LogP contribution < -0.4 is 10.2 Å². The zero-order valence-corrected chi connectivity index (χ0v) is 10.6. The molecule has 1 atom stereocenters. The van der Waals surface area contributed by atoms with Crippen molar-refractivity contribution in [1.29, 1.82) is 0 Å². The van der Waals surface area contributed by atoms with Gasteiger partial charge in [-0.25, -0.2) is 4.79 Å². The van der Waals surface area contributed by atoms with Crippen LogP contribution in [0.15, 0.2) is 24.3 Å². The van der Waals surface area contributed by atoms with E-state index in [1.54, 1.807) is 29.2 Å². The maximum atomic E-state index is 12.1. The van der Waals surface area contributed by atoms with Crippen molar-refractivity contribution in [2.75, 3.05) is 31.7 Å². The van der Waals surface area contributed by atoms with E-state index in [1.165, 1.54) is 7.11 Å². The third-order valence-corrected chi connectivity index (χ3v) is 3.05. The Labute approximate surface area is 111 Å². The molecule has 0 spiro atoms. The standard InChI is InChI=1S/C13H16N2O4/c1-19-13(18)9-3-2-4-10(7-9)15-6-5-14-11(8-16)12(15)17/h2-4,7,11,14,16H,5-6,8H2,1H3. The summed E-state index contributed by atoms with van der Waals surface area (Å²) in [7, 11) is 1.31. The van der Waals surface area contributed by atoms with Gasteiger partial charge in [0.15, 0.2) is 0 Å². The maximum Gasteiger partial charge on any atom is 0.337 e. The molecule has 1 aliphatic rings. The van der Waals surface area contributed by atoms with Gasteiger partial charge in [0, 0.05) is 18.8 Å². The minimum atomic E-state index is -0.587. The number of rotatable bonds is 3. The highest BCUT2D eigenvalue weighted by molar-refractivity contribution is 5.99. The van der Waals surface area contributed by atoms with Crippen molar-refractivity contribution in [3.8, 4) is 0 Å². The second-order valence-corrected chi connectivity index (χ2v) is 4.22. The molecule has 2 N–H and O–H groups in total. The van der Waals surface area contributed by atoms with Crippen LogP contribution in [0.25, 0.3) is 0 Å². The molecule has 1 heterocycles. The van der Waals surface area contributed by atoms with Crippen LogP contribution in [0.3, 0.4) is 0 Å². The summed E-state index contributed by atoms with van der Waals surface area (Å²) in [5.74, 6) is -0.640. The number of piperazine rings is 1. The van der Waals surface area contributed by atoms with Crippen molar-refractivity contribution in [2.24, 2.45) is 0 Å². The van der Waals surface area contributed by atoms with Crippen LogP contribution in [0.4, 0.5) is 5.69 Å². The Kier molecular flexibility index (Phi) is 4.13. The molecule has 0 bridgehead atoms. The first-order valence-electron chi connectivity index (χ1n) is 6.01. The predicted molar refractivity (Wildman–Crippen MR) is 69.0 cm³/mol. The average Bonchev–Trinajstić information content (AvgIpc) is 2.46. The van der Waals surface area contributed by atoms with E-state index >= 15 is 0 Å². The molecule has 6 nitrogen and oxygen atoms in total. The molecule has 1 fully saturated rings. The molecule has 1 aromatic carbocycles. The molecular weight excluding hydrogens is 248 g/mol. The molecule has 6 heteroatoms. The zero-order valence-electron chi connectivity index (χ0n) is 10.6. The monoisotopic (exact) mass is 264 g/mol. The fourth-order valence-electron chi connectivity index (χ4n) is 2.05. The van der Waals surface area contributed by atoms with E-state index < -0.39 is 12.0 Å². The van der Waals surface area contributed by atoms with Crippen molar-refractivity contribution >= 4 is 17.6 Å². The van der Waals surface area contributed by atoms with Gasteiger partial charge in [-0.05, 0) is 18.2 Å². The van der Waals surface area contributed by atoms with Gasteiger partial charge in [0.1, 0.15) is 6.04 Å². The van der Waals surface area contributed by atoms with Gasteiger partial charge >= 0.3 is 5.97 Å². The number of hydrogen-bond donors (Lipinski definition) is 2. The molecule has 0 saturated carbocycles. The minimum absolute atomic E-state index is 0.198. The van der Waals surface area contributed by atoms with Gasteiger partial charge in [-0.1, -0.05) is 6.07 Å². The highest BCUT2D eigenvalue weighted by atomic mass is 16.5. The molecule has 0 aromatic heterocycles. The van der Waals surface area contributed by atoms with Gasteiger partial charge < -0.3 is 20.1 Å². The second kappa shape index (κ2) is 5.81. The number of nitrogens with zero attached hydrogens (tertiary/aromatic N) is 1. The lowest BCUT2D eigenvalue weighted by atomic mass is 10.1. The van der Waals surface area contributed by atoms with E-state index in [-0.39, 0.29) is 12.5 Å². The number of hydrogen-bond acceptors (Lipinski definition) is 5. The highest BCUT2D eigenvalue weighted by Crippen LogP contribution is 2.19. The van der Waals surface area contributed by atoms with Crippen molar-refractivity contribution in [3.05, 3.63) is 29.8 Å². The zero-order chi connectivity index (χ0) is 13.8. The highest BCUT2D eigenvalue weighted by Gasteiger charge is 2.28. The summed E-state index contributed by atoms with van der Waals surface area (Å²) in [5, 5.41) is 12.1. The summed E-state index contributed by atoms with van der Waals surface area (Å²) in [6.07, 6.45) is 0. The Bertz CT molecular complexity index is 489. The third kappa shape index (κ3) is 2.74. The van der Waals surface area contributed by atoms with Crippen molar-refractivity contribution < 1.29 is 19.4 Å². The van der Waals surface area contributed by atoms with E-state index in [0.29, 0.717) is 24.3 Å². The topological polar surface area (TPSA) is 78.9 Å². The molecule has 19 heavy (non-hydrogen) atoms. The summed E-state index contributed by atoms with van der Waals surface area (Å²) in [6, 6.07) is 6.11. The van der Waals surface area contributed by atoms with Gasteiger partial charge in [-0.2, -0.15) is 0 Å². The van der Waals surface area contributed by atoms with E-state index in [2.05, 4.69) is 10.1 Å². The van der Waals surface area contributed by atoms with Crippen LogP contribution in [0.2, 0.25) is 0 Å². The summed E-state index contributed by atoms with van der Waals surface area (Å²) in [5.41, 5.74) is 1.03. The number of benzene rings is 1. The summed E-state index contributed by atoms with van der Waals surface area (Å²) in [4.78, 5) is 25.1. The fraction of sp³-hybridized carbons (Fsp3) is 0.385. The van der Waals surface area contributed by atoms with Crippen molar-refractivity contribution in [3.63, 3.8) is 0 Å². The number of carbonyl (C=O) groups excluding carboxylic acids is 2. The van der Waals surface area contributed by atoms with Crippen molar-refractivity contribution in [2.45, 2.75) is 6.04 Å². The SMILES string of the molecule is COC(=O)c1cccc(N2CCNC(CO)C2=O)c1. The smallest absolute Gasteiger partial charge is 0.337 e. The Morgan fingerprint density at radius 2 is 2.37 bits per heavy atom. The predicted octanol–water partition coefficient (Wildman–Crippen LogP) is -0.230. The van der Waals surface area contributed by atoms with Crippen LogP contribution in [-0.4, -0.2) is 49.8 Å². The normalized spacial score (nSPS) is 19.4. The number of methoxy groups -OCH3 is 1. The number of amides is 1. The Morgan fingerprint density at radius 1 is 1.58 bits per heavy atom. The van der Waals surface area contributed by atoms with E-state index in [9.17, 15) is 9.59 Å². The maximum absolute atomic E-state index is 12.1. The van der Waals surface area contributed by atoms with Crippen LogP contribution in [0, 0.1) is 0 Å². The summed E-state index contributed by atoms with van der Waals surface area (Å²) >= 11 is 0. The molecule has 2 rings (SSSR count). The minimum Gasteiger partial charge on any atom is -0.465 e. The lowest BCUT2D eigenvalue weighted by Crippen LogP contribution is -2.56. The Morgan fingerprint density at radius 3 is 3.05 bits per heavy atom. The lowest BCUT2D eigenvalue weighted by Gasteiger charge is -2.32. The fourth-order valence-corrected chi connectivity index (χ4v) is 2.05.